The van der Waals surface area contributed by atoms with E-state index < -0.39 is 12.1 Å². The van der Waals surface area contributed by atoms with Crippen LogP contribution in [0, 0.1) is 0 Å². The SMILES string of the molecule is C=C(C(=O)OC)C(O)c1cc(Cl)cs1. The minimum absolute atomic E-state index is 0.00557. The summed E-state index contributed by atoms with van der Waals surface area (Å²) in [5.74, 6) is -0.623. The lowest BCUT2D eigenvalue weighted by molar-refractivity contribution is -0.137. The lowest BCUT2D eigenvalue weighted by Gasteiger charge is -2.09. The van der Waals surface area contributed by atoms with E-state index in [1.54, 1.807) is 11.4 Å². The summed E-state index contributed by atoms with van der Waals surface area (Å²) in [6.07, 6.45) is -1.04. The number of hydrogen-bond acceptors (Lipinski definition) is 4. The maximum absolute atomic E-state index is 11.0. The van der Waals surface area contributed by atoms with Crippen LogP contribution in [0.15, 0.2) is 23.6 Å². The Kier molecular flexibility index (Phi) is 3.69. The maximum atomic E-state index is 11.0. The number of carbonyl (C=O) groups is 1. The molecule has 0 fully saturated rings. The summed E-state index contributed by atoms with van der Waals surface area (Å²) in [5, 5.41) is 11.9. The highest BCUT2D eigenvalue weighted by Crippen LogP contribution is 2.29. The zero-order valence-corrected chi connectivity index (χ0v) is 9.06. The number of aliphatic hydroxyl groups excluding tert-OH is 1. The van der Waals surface area contributed by atoms with Crippen molar-refractivity contribution in [1.29, 1.82) is 0 Å². The molecule has 1 aromatic heterocycles. The van der Waals surface area contributed by atoms with E-state index in [0.29, 0.717) is 9.90 Å². The van der Waals surface area contributed by atoms with Crippen LogP contribution in [0.5, 0.6) is 0 Å². The lowest BCUT2D eigenvalue weighted by Crippen LogP contribution is -2.10. The number of aliphatic hydroxyl groups is 1. The van der Waals surface area contributed by atoms with E-state index in [9.17, 15) is 9.90 Å². The van der Waals surface area contributed by atoms with Crippen molar-refractivity contribution in [3.05, 3.63) is 33.5 Å². The number of thiophene rings is 1. The molecular weight excluding hydrogens is 224 g/mol. The molecule has 0 aliphatic heterocycles. The van der Waals surface area contributed by atoms with Crippen LogP contribution in [0.2, 0.25) is 5.02 Å². The molecule has 0 spiro atoms. The Morgan fingerprint density at radius 3 is 2.86 bits per heavy atom. The zero-order valence-electron chi connectivity index (χ0n) is 7.49. The van der Waals surface area contributed by atoms with E-state index in [4.69, 9.17) is 11.6 Å². The van der Waals surface area contributed by atoms with Gasteiger partial charge in [-0.15, -0.1) is 11.3 Å². The zero-order chi connectivity index (χ0) is 10.7. The van der Waals surface area contributed by atoms with Gasteiger partial charge in [-0.25, -0.2) is 4.79 Å². The van der Waals surface area contributed by atoms with Crippen molar-refractivity contribution >= 4 is 28.9 Å². The summed E-state index contributed by atoms with van der Waals surface area (Å²) in [7, 11) is 1.24. The van der Waals surface area contributed by atoms with Crippen molar-refractivity contribution in [3.63, 3.8) is 0 Å². The molecule has 1 atom stereocenters. The Labute approximate surface area is 90.6 Å². The van der Waals surface area contributed by atoms with Gasteiger partial charge in [0.25, 0.3) is 0 Å². The van der Waals surface area contributed by atoms with Crippen LogP contribution in [-0.4, -0.2) is 18.2 Å². The van der Waals surface area contributed by atoms with Crippen molar-refractivity contribution in [3.8, 4) is 0 Å². The Hall–Kier alpha value is -0.840. The molecule has 0 aliphatic rings. The van der Waals surface area contributed by atoms with Crippen LogP contribution in [-0.2, 0) is 9.53 Å². The van der Waals surface area contributed by atoms with Gasteiger partial charge < -0.3 is 9.84 Å². The minimum Gasteiger partial charge on any atom is -0.466 e. The predicted molar refractivity (Wildman–Crippen MR) is 55.4 cm³/mol. The van der Waals surface area contributed by atoms with Gasteiger partial charge in [-0.1, -0.05) is 18.2 Å². The standard InChI is InChI=1S/C9H9ClO3S/c1-5(9(12)13-2)8(11)7-3-6(10)4-14-7/h3-4,8,11H,1H2,2H3. The highest BCUT2D eigenvalue weighted by molar-refractivity contribution is 7.10. The summed E-state index contributed by atoms with van der Waals surface area (Å²) < 4.78 is 4.43. The smallest absolute Gasteiger partial charge is 0.336 e. The van der Waals surface area contributed by atoms with Crippen LogP contribution in [0.25, 0.3) is 0 Å². The van der Waals surface area contributed by atoms with E-state index >= 15 is 0 Å². The van der Waals surface area contributed by atoms with E-state index in [0.717, 1.165) is 0 Å². The molecule has 14 heavy (non-hydrogen) atoms. The van der Waals surface area contributed by atoms with E-state index in [2.05, 4.69) is 11.3 Å². The molecular formula is C9H9ClO3S. The molecule has 0 aliphatic carbocycles. The number of hydrogen-bond donors (Lipinski definition) is 1. The van der Waals surface area contributed by atoms with Gasteiger partial charge in [0.05, 0.1) is 17.7 Å². The number of esters is 1. The second kappa shape index (κ2) is 4.59. The predicted octanol–water partition coefficient (Wildman–Crippen LogP) is 2.16. The number of rotatable bonds is 3. The fourth-order valence-electron chi connectivity index (χ4n) is 0.886. The third-order valence-electron chi connectivity index (χ3n) is 1.63. The molecule has 0 aromatic carbocycles. The van der Waals surface area contributed by atoms with Gasteiger partial charge in [-0.05, 0) is 6.07 Å². The van der Waals surface area contributed by atoms with Crippen molar-refractivity contribution in [2.24, 2.45) is 0 Å². The molecule has 3 nitrogen and oxygen atoms in total. The third kappa shape index (κ3) is 2.35. The summed E-state index contributed by atoms with van der Waals surface area (Å²) in [6.45, 7) is 3.45. The molecule has 76 valence electrons. The highest BCUT2D eigenvalue weighted by Gasteiger charge is 2.20. The normalized spacial score (nSPS) is 12.2. The van der Waals surface area contributed by atoms with Gasteiger partial charge in [-0.2, -0.15) is 0 Å². The fraction of sp³-hybridized carbons (Fsp3) is 0.222. The first-order valence-electron chi connectivity index (χ1n) is 3.75. The summed E-state index contributed by atoms with van der Waals surface area (Å²) in [4.78, 5) is 11.6. The second-order valence-corrected chi connectivity index (χ2v) is 3.97. The Bertz CT molecular complexity index is 359. The maximum Gasteiger partial charge on any atom is 0.336 e. The summed E-state index contributed by atoms with van der Waals surface area (Å²) in [5.41, 5.74) is 0.00557. The summed E-state index contributed by atoms with van der Waals surface area (Å²) >= 11 is 6.94. The molecule has 1 aromatic rings. The number of carbonyl (C=O) groups excluding carboxylic acids is 1. The minimum atomic E-state index is -1.04. The van der Waals surface area contributed by atoms with Crippen LogP contribution in [0.1, 0.15) is 11.0 Å². The van der Waals surface area contributed by atoms with Crippen LogP contribution < -0.4 is 0 Å². The van der Waals surface area contributed by atoms with Gasteiger partial charge in [0.2, 0.25) is 0 Å². The fourth-order valence-corrected chi connectivity index (χ4v) is 1.98. The largest absolute Gasteiger partial charge is 0.466 e. The van der Waals surface area contributed by atoms with Gasteiger partial charge >= 0.3 is 5.97 Å². The molecule has 0 saturated heterocycles. The van der Waals surface area contributed by atoms with Crippen LogP contribution in [0.3, 0.4) is 0 Å². The highest BCUT2D eigenvalue weighted by atomic mass is 35.5. The van der Waals surface area contributed by atoms with Crippen molar-refractivity contribution in [2.75, 3.05) is 7.11 Å². The molecule has 0 saturated carbocycles. The van der Waals surface area contributed by atoms with Crippen molar-refractivity contribution in [2.45, 2.75) is 6.10 Å². The average Bonchev–Trinajstić information content (AvgIpc) is 2.61. The van der Waals surface area contributed by atoms with Gasteiger partial charge in [0.15, 0.2) is 0 Å². The van der Waals surface area contributed by atoms with E-state index in [1.165, 1.54) is 18.4 Å². The number of ether oxygens (including phenoxy) is 1. The Morgan fingerprint density at radius 1 is 1.79 bits per heavy atom. The molecule has 1 heterocycles. The van der Waals surface area contributed by atoms with E-state index in [1.807, 2.05) is 0 Å². The first kappa shape index (κ1) is 11.2. The summed E-state index contributed by atoms with van der Waals surface area (Å²) in [6, 6.07) is 1.59. The van der Waals surface area contributed by atoms with Gasteiger partial charge in [0.1, 0.15) is 6.10 Å². The van der Waals surface area contributed by atoms with Crippen LogP contribution >= 0.6 is 22.9 Å². The molecule has 0 bridgehead atoms. The molecule has 1 N–H and O–H groups in total. The molecule has 0 amide bonds. The quantitative estimate of drug-likeness (QED) is 0.642. The number of halogens is 1. The third-order valence-corrected chi connectivity index (χ3v) is 2.97. The topological polar surface area (TPSA) is 46.5 Å². The average molecular weight is 233 g/mol. The van der Waals surface area contributed by atoms with Crippen LogP contribution in [0.4, 0.5) is 0 Å². The monoisotopic (exact) mass is 232 g/mol. The van der Waals surface area contributed by atoms with E-state index in [-0.39, 0.29) is 5.57 Å². The van der Waals surface area contributed by atoms with Crippen molar-refractivity contribution in [1.82, 2.24) is 0 Å². The Balaban J connectivity index is 2.80. The number of methoxy groups -OCH3 is 1. The van der Waals surface area contributed by atoms with Crippen molar-refractivity contribution < 1.29 is 14.6 Å². The van der Waals surface area contributed by atoms with Gasteiger partial charge in [0, 0.05) is 10.3 Å². The first-order valence-corrected chi connectivity index (χ1v) is 5.01. The molecule has 1 rings (SSSR count). The first-order chi connectivity index (χ1) is 6.56. The molecule has 5 heteroatoms. The second-order valence-electron chi connectivity index (χ2n) is 2.59. The van der Waals surface area contributed by atoms with Gasteiger partial charge in [-0.3, -0.25) is 0 Å². The Morgan fingerprint density at radius 2 is 2.43 bits per heavy atom. The lowest BCUT2D eigenvalue weighted by atomic mass is 10.1. The molecule has 0 radical (unpaired) electrons. The molecule has 1 unspecified atom stereocenters.